The Balaban J connectivity index is 2.83. The average Bonchev–Trinajstić information content (AvgIpc) is 2.49. The SMILES string of the molecule is NC(=O)c1cc2c(=O)[nH]cnc2[nH]1. The molecule has 0 atom stereocenters. The highest BCUT2D eigenvalue weighted by Gasteiger charge is 2.07. The first-order valence-corrected chi connectivity index (χ1v) is 3.54. The van der Waals surface area contributed by atoms with E-state index in [-0.39, 0.29) is 11.3 Å². The zero-order valence-corrected chi connectivity index (χ0v) is 6.50. The fraction of sp³-hybridized carbons (Fsp3) is 0. The second kappa shape index (κ2) is 2.44. The lowest BCUT2D eigenvalue weighted by Gasteiger charge is -1.84. The Hall–Kier alpha value is -2.11. The lowest BCUT2D eigenvalue weighted by molar-refractivity contribution is 0.0996. The summed E-state index contributed by atoms with van der Waals surface area (Å²) >= 11 is 0. The Morgan fingerprint density at radius 3 is 2.92 bits per heavy atom. The maximum absolute atomic E-state index is 11.1. The summed E-state index contributed by atoms with van der Waals surface area (Å²) in [7, 11) is 0. The van der Waals surface area contributed by atoms with Crippen LogP contribution in [-0.2, 0) is 0 Å². The standard InChI is InChI=1S/C7H6N4O2/c8-5(12)4-1-3-6(11-4)9-2-10-7(3)13/h1-2H,(H2,8,12)(H2,9,10,11,13). The van der Waals surface area contributed by atoms with Crippen molar-refractivity contribution < 1.29 is 4.79 Å². The van der Waals surface area contributed by atoms with Gasteiger partial charge in [-0.2, -0.15) is 0 Å². The molecule has 4 N–H and O–H groups in total. The molecule has 0 radical (unpaired) electrons. The van der Waals surface area contributed by atoms with Crippen LogP contribution < -0.4 is 11.3 Å². The Kier molecular flexibility index (Phi) is 1.42. The zero-order chi connectivity index (χ0) is 9.42. The number of nitrogens with zero attached hydrogens (tertiary/aromatic N) is 1. The summed E-state index contributed by atoms with van der Waals surface area (Å²) in [5.74, 6) is -0.614. The molecule has 2 heterocycles. The molecule has 0 saturated carbocycles. The highest BCUT2D eigenvalue weighted by atomic mass is 16.1. The molecule has 66 valence electrons. The van der Waals surface area contributed by atoms with Crippen molar-refractivity contribution in [3.63, 3.8) is 0 Å². The summed E-state index contributed by atoms with van der Waals surface area (Å²) in [5.41, 5.74) is 5.26. The minimum atomic E-state index is -0.614. The molecule has 6 nitrogen and oxygen atoms in total. The van der Waals surface area contributed by atoms with Gasteiger partial charge in [0.1, 0.15) is 11.3 Å². The summed E-state index contributed by atoms with van der Waals surface area (Å²) < 4.78 is 0. The molecule has 1 amide bonds. The minimum Gasteiger partial charge on any atom is -0.364 e. The molecule has 0 aliphatic rings. The van der Waals surface area contributed by atoms with Gasteiger partial charge in [0, 0.05) is 0 Å². The molecule has 0 unspecified atom stereocenters. The van der Waals surface area contributed by atoms with Crippen molar-refractivity contribution in [2.45, 2.75) is 0 Å². The Labute approximate surface area is 71.8 Å². The van der Waals surface area contributed by atoms with E-state index in [4.69, 9.17) is 5.73 Å². The molecule has 0 aromatic carbocycles. The number of nitrogens with one attached hydrogen (secondary N) is 2. The number of amides is 1. The van der Waals surface area contributed by atoms with Gasteiger partial charge in [0.15, 0.2) is 0 Å². The molecular weight excluding hydrogens is 172 g/mol. The first-order valence-electron chi connectivity index (χ1n) is 3.54. The lowest BCUT2D eigenvalue weighted by atomic mass is 10.3. The molecule has 6 heteroatoms. The number of rotatable bonds is 1. The quantitative estimate of drug-likeness (QED) is 0.540. The maximum atomic E-state index is 11.1. The van der Waals surface area contributed by atoms with Crippen molar-refractivity contribution in [1.29, 1.82) is 0 Å². The number of carbonyl (C=O) groups is 1. The molecule has 2 aromatic rings. The van der Waals surface area contributed by atoms with E-state index in [0.29, 0.717) is 11.0 Å². The summed E-state index contributed by atoms with van der Waals surface area (Å²) in [6, 6.07) is 1.38. The molecule has 2 aromatic heterocycles. The molecule has 0 aliphatic heterocycles. The molecule has 13 heavy (non-hydrogen) atoms. The molecule has 0 spiro atoms. The van der Waals surface area contributed by atoms with Crippen LogP contribution in [0.3, 0.4) is 0 Å². The van der Waals surface area contributed by atoms with E-state index in [0.717, 1.165) is 0 Å². The number of primary amides is 1. The predicted octanol–water partition coefficient (Wildman–Crippen LogP) is -0.650. The monoisotopic (exact) mass is 178 g/mol. The first-order chi connectivity index (χ1) is 6.18. The van der Waals surface area contributed by atoms with Gasteiger partial charge in [0.25, 0.3) is 11.5 Å². The van der Waals surface area contributed by atoms with Crippen molar-refractivity contribution in [3.8, 4) is 0 Å². The minimum absolute atomic E-state index is 0.180. The largest absolute Gasteiger partial charge is 0.364 e. The van der Waals surface area contributed by atoms with E-state index in [1.165, 1.54) is 12.4 Å². The van der Waals surface area contributed by atoms with Crippen LogP contribution in [0.5, 0.6) is 0 Å². The third kappa shape index (κ3) is 1.08. The third-order valence-electron chi connectivity index (χ3n) is 1.70. The van der Waals surface area contributed by atoms with Gasteiger partial charge in [-0.05, 0) is 6.07 Å². The van der Waals surface area contributed by atoms with Gasteiger partial charge in [-0.1, -0.05) is 0 Å². The third-order valence-corrected chi connectivity index (χ3v) is 1.70. The fourth-order valence-electron chi connectivity index (χ4n) is 1.08. The smallest absolute Gasteiger partial charge is 0.265 e. The van der Waals surface area contributed by atoms with Gasteiger partial charge >= 0.3 is 0 Å². The van der Waals surface area contributed by atoms with Crippen molar-refractivity contribution >= 4 is 16.9 Å². The number of hydrogen-bond donors (Lipinski definition) is 3. The first kappa shape index (κ1) is 7.53. The van der Waals surface area contributed by atoms with Gasteiger partial charge < -0.3 is 15.7 Å². The summed E-state index contributed by atoms with van der Waals surface area (Å²) in [5, 5.41) is 0.330. The van der Waals surface area contributed by atoms with Crippen molar-refractivity contribution in [2.24, 2.45) is 5.73 Å². The van der Waals surface area contributed by atoms with Crippen LogP contribution in [0, 0.1) is 0 Å². The Morgan fingerprint density at radius 2 is 2.31 bits per heavy atom. The van der Waals surface area contributed by atoms with E-state index in [1.54, 1.807) is 0 Å². The average molecular weight is 178 g/mol. The van der Waals surface area contributed by atoms with E-state index >= 15 is 0 Å². The van der Waals surface area contributed by atoms with Crippen LogP contribution in [0.2, 0.25) is 0 Å². The van der Waals surface area contributed by atoms with Crippen molar-refractivity contribution in [1.82, 2.24) is 15.0 Å². The van der Waals surface area contributed by atoms with Crippen LogP contribution in [0.4, 0.5) is 0 Å². The number of H-pyrrole nitrogens is 2. The second-order valence-electron chi connectivity index (χ2n) is 2.54. The summed E-state index contributed by atoms with van der Waals surface area (Å²) in [6.45, 7) is 0. The highest BCUT2D eigenvalue weighted by molar-refractivity contribution is 5.95. The van der Waals surface area contributed by atoms with Crippen LogP contribution >= 0.6 is 0 Å². The molecule has 0 aliphatic carbocycles. The summed E-state index contributed by atoms with van der Waals surface area (Å²) in [4.78, 5) is 30.7. The van der Waals surface area contributed by atoms with Crippen LogP contribution in [0.15, 0.2) is 17.2 Å². The van der Waals surface area contributed by atoms with Crippen LogP contribution in [0.1, 0.15) is 10.5 Å². The lowest BCUT2D eigenvalue weighted by Crippen LogP contribution is -2.10. The van der Waals surface area contributed by atoms with Gasteiger partial charge in [0.2, 0.25) is 0 Å². The van der Waals surface area contributed by atoms with Crippen LogP contribution in [0.25, 0.3) is 11.0 Å². The number of nitrogens with two attached hydrogens (primary N) is 1. The number of aromatic amines is 2. The molecular formula is C7H6N4O2. The second-order valence-corrected chi connectivity index (χ2v) is 2.54. The van der Waals surface area contributed by atoms with Crippen LogP contribution in [-0.4, -0.2) is 20.9 Å². The number of hydrogen-bond acceptors (Lipinski definition) is 3. The van der Waals surface area contributed by atoms with Gasteiger partial charge in [-0.25, -0.2) is 4.98 Å². The summed E-state index contributed by atoms with van der Waals surface area (Å²) in [6.07, 6.45) is 1.26. The van der Waals surface area contributed by atoms with Crippen molar-refractivity contribution in [3.05, 3.63) is 28.4 Å². The van der Waals surface area contributed by atoms with Gasteiger partial charge in [-0.15, -0.1) is 0 Å². The maximum Gasteiger partial charge on any atom is 0.265 e. The van der Waals surface area contributed by atoms with Gasteiger partial charge in [-0.3, -0.25) is 9.59 Å². The van der Waals surface area contributed by atoms with Gasteiger partial charge in [0.05, 0.1) is 11.7 Å². The molecule has 0 bridgehead atoms. The number of aromatic nitrogens is 3. The predicted molar refractivity (Wildman–Crippen MR) is 45.2 cm³/mol. The Morgan fingerprint density at radius 1 is 1.54 bits per heavy atom. The number of carbonyl (C=O) groups excluding carboxylic acids is 1. The zero-order valence-electron chi connectivity index (χ0n) is 6.50. The molecule has 2 rings (SSSR count). The van der Waals surface area contributed by atoms with Crippen molar-refractivity contribution in [2.75, 3.05) is 0 Å². The molecule has 0 saturated heterocycles. The number of fused-ring (bicyclic) bond motifs is 1. The fourth-order valence-corrected chi connectivity index (χ4v) is 1.08. The normalized spacial score (nSPS) is 10.5. The topological polar surface area (TPSA) is 105 Å². The van der Waals surface area contributed by atoms with E-state index in [9.17, 15) is 9.59 Å². The van der Waals surface area contributed by atoms with E-state index in [2.05, 4.69) is 15.0 Å². The Bertz CT molecular complexity index is 525. The van der Waals surface area contributed by atoms with E-state index < -0.39 is 5.91 Å². The highest BCUT2D eigenvalue weighted by Crippen LogP contribution is 2.06. The molecule has 0 fully saturated rings. The van der Waals surface area contributed by atoms with E-state index in [1.807, 2.05) is 0 Å².